The molecule has 1 heterocycles. The summed E-state index contributed by atoms with van der Waals surface area (Å²) in [6.45, 7) is 6.60. The smallest absolute Gasteiger partial charge is 0.253 e. The van der Waals surface area contributed by atoms with Crippen LogP contribution in [0.1, 0.15) is 28.7 Å². The van der Waals surface area contributed by atoms with Crippen LogP contribution in [0.5, 0.6) is 0 Å². The third kappa shape index (κ3) is 5.68. The monoisotopic (exact) mass is 423 g/mol. The molecule has 0 aliphatic carbocycles. The van der Waals surface area contributed by atoms with Gasteiger partial charge in [0.05, 0.1) is 6.54 Å². The Labute approximate surface area is 183 Å². The average Bonchev–Trinajstić information content (AvgIpc) is 2.73. The molecule has 30 heavy (non-hydrogen) atoms. The Hall–Kier alpha value is -2.70. The lowest BCUT2D eigenvalue weighted by molar-refractivity contribution is 0.195. The Morgan fingerprint density at radius 3 is 2.57 bits per heavy atom. The highest BCUT2D eigenvalue weighted by atomic mass is 32.1. The van der Waals surface area contributed by atoms with Crippen LogP contribution in [-0.2, 0) is 17.8 Å². The lowest BCUT2D eigenvalue weighted by Gasteiger charge is -2.26. The molecule has 0 aliphatic heterocycles. The van der Waals surface area contributed by atoms with Gasteiger partial charge in [-0.3, -0.25) is 4.79 Å². The van der Waals surface area contributed by atoms with E-state index in [1.165, 1.54) is 5.56 Å². The summed E-state index contributed by atoms with van der Waals surface area (Å²) in [6.07, 6.45) is 0.866. The molecule has 0 spiro atoms. The van der Waals surface area contributed by atoms with Crippen LogP contribution in [0.3, 0.4) is 0 Å². The van der Waals surface area contributed by atoms with E-state index in [-0.39, 0.29) is 5.56 Å². The summed E-state index contributed by atoms with van der Waals surface area (Å²) in [6, 6.07) is 16.3. The normalized spacial score (nSPS) is 10.9. The Kier molecular flexibility index (Phi) is 7.60. The molecule has 5 nitrogen and oxygen atoms in total. The molecule has 1 aromatic heterocycles. The third-order valence-electron chi connectivity index (χ3n) is 5.20. The topological polar surface area (TPSA) is 57.4 Å². The first-order chi connectivity index (χ1) is 14.5. The first-order valence-corrected chi connectivity index (χ1v) is 10.6. The fraction of sp³-hybridized carbons (Fsp3) is 0.333. The number of hydrogen-bond acceptors (Lipinski definition) is 3. The third-order valence-corrected chi connectivity index (χ3v) is 5.60. The SMILES string of the molecule is COCCCNC(=S)N(Cc1ccccc1)Cc1cc2cc(C)c(C)cc2[nH]c1=O. The molecule has 2 aromatic carbocycles. The quantitative estimate of drug-likeness (QED) is 0.423. The van der Waals surface area contributed by atoms with Gasteiger partial charge in [-0.15, -0.1) is 0 Å². The predicted octanol–water partition coefficient (Wildman–Crippen LogP) is 4.06. The standard InChI is InChI=1S/C24H29N3O2S/c1-17-12-20-14-21(23(28)26-22(20)13-18(17)2)16-27(15-19-8-5-4-6-9-19)24(30)25-10-7-11-29-3/h4-6,8-9,12-14H,7,10-11,15-16H2,1-3H3,(H,25,30)(H,26,28). The summed E-state index contributed by atoms with van der Waals surface area (Å²) >= 11 is 5.66. The molecule has 0 fully saturated rings. The van der Waals surface area contributed by atoms with Crippen LogP contribution in [0.2, 0.25) is 0 Å². The summed E-state index contributed by atoms with van der Waals surface area (Å²) in [5, 5.41) is 4.96. The number of methoxy groups -OCH3 is 1. The van der Waals surface area contributed by atoms with Crippen LogP contribution in [0.25, 0.3) is 10.9 Å². The van der Waals surface area contributed by atoms with E-state index in [1.54, 1.807) is 7.11 Å². The molecule has 0 aliphatic rings. The summed E-state index contributed by atoms with van der Waals surface area (Å²) in [5.74, 6) is 0. The number of aromatic amines is 1. The molecule has 0 radical (unpaired) electrons. The van der Waals surface area contributed by atoms with Gasteiger partial charge in [-0.2, -0.15) is 0 Å². The Morgan fingerprint density at radius 1 is 1.10 bits per heavy atom. The van der Waals surface area contributed by atoms with Gasteiger partial charge in [0.25, 0.3) is 5.56 Å². The van der Waals surface area contributed by atoms with E-state index < -0.39 is 0 Å². The van der Waals surface area contributed by atoms with E-state index in [0.717, 1.165) is 35.0 Å². The minimum absolute atomic E-state index is 0.0778. The lowest BCUT2D eigenvalue weighted by Crippen LogP contribution is -2.40. The van der Waals surface area contributed by atoms with Gasteiger partial charge in [-0.1, -0.05) is 30.3 Å². The van der Waals surface area contributed by atoms with Gasteiger partial charge < -0.3 is 19.9 Å². The maximum atomic E-state index is 12.8. The van der Waals surface area contributed by atoms with Crippen molar-refractivity contribution in [1.82, 2.24) is 15.2 Å². The van der Waals surface area contributed by atoms with Gasteiger partial charge in [0.2, 0.25) is 0 Å². The van der Waals surface area contributed by atoms with Gasteiger partial charge >= 0.3 is 0 Å². The molecule has 158 valence electrons. The number of nitrogens with one attached hydrogen (secondary N) is 2. The number of benzene rings is 2. The van der Waals surface area contributed by atoms with Crippen LogP contribution >= 0.6 is 12.2 Å². The van der Waals surface area contributed by atoms with Gasteiger partial charge in [-0.05, 0) is 72.8 Å². The molecular weight excluding hydrogens is 394 g/mol. The first-order valence-electron chi connectivity index (χ1n) is 10.2. The fourth-order valence-corrected chi connectivity index (χ4v) is 3.60. The molecule has 0 bridgehead atoms. The Balaban J connectivity index is 1.85. The molecular formula is C24H29N3O2S. The number of ether oxygens (including phenoxy) is 1. The van der Waals surface area contributed by atoms with Crippen LogP contribution in [0.4, 0.5) is 0 Å². The molecule has 0 amide bonds. The molecule has 3 aromatic rings. The number of aryl methyl sites for hydroxylation is 2. The number of nitrogens with zero attached hydrogens (tertiary/aromatic N) is 1. The van der Waals surface area contributed by atoms with E-state index >= 15 is 0 Å². The zero-order chi connectivity index (χ0) is 21.5. The van der Waals surface area contributed by atoms with Crippen molar-refractivity contribution in [3.63, 3.8) is 0 Å². The second kappa shape index (κ2) is 10.4. The second-order valence-electron chi connectivity index (χ2n) is 7.57. The molecule has 6 heteroatoms. The van der Waals surface area contributed by atoms with Gasteiger partial charge in [0.15, 0.2) is 5.11 Å². The van der Waals surface area contributed by atoms with Gasteiger partial charge in [0.1, 0.15) is 0 Å². The highest BCUT2D eigenvalue weighted by Gasteiger charge is 2.14. The minimum Gasteiger partial charge on any atom is -0.385 e. The number of thiocarbonyl (C=S) groups is 1. The number of rotatable bonds is 8. The van der Waals surface area contributed by atoms with Crippen molar-refractivity contribution in [2.45, 2.75) is 33.4 Å². The van der Waals surface area contributed by atoms with Crippen molar-refractivity contribution in [3.05, 3.63) is 81.1 Å². The number of fused-ring (bicyclic) bond motifs is 1. The zero-order valence-corrected chi connectivity index (χ0v) is 18.6. The van der Waals surface area contributed by atoms with E-state index in [4.69, 9.17) is 17.0 Å². The maximum Gasteiger partial charge on any atom is 0.253 e. The van der Waals surface area contributed by atoms with Crippen molar-refractivity contribution in [2.24, 2.45) is 0 Å². The van der Waals surface area contributed by atoms with E-state index in [9.17, 15) is 4.79 Å². The van der Waals surface area contributed by atoms with Crippen molar-refractivity contribution >= 4 is 28.2 Å². The fourth-order valence-electron chi connectivity index (χ4n) is 3.37. The summed E-state index contributed by atoms with van der Waals surface area (Å²) in [4.78, 5) is 17.8. The van der Waals surface area contributed by atoms with Crippen LogP contribution in [0, 0.1) is 13.8 Å². The highest BCUT2D eigenvalue weighted by Crippen LogP contribution is 2.18. The number of hydrogen-bond donors (Lipinski definition) is 2. The minimum atomic E-state index is -0.0778. The van der Waals surface area contributed by atoms with E-state index in [0.29, 0.717) is 30.4 Å². The summed E-state index contributed by atoms with van der Waals surface area (Å²) in [7, 11) is 1.69. The first kappa shape index (κ1) is 22.0. The molecule has 0 atom stereocenters. The Morgan fingerprint density at radius 2 is 1.83 bits per heavy atom. The van der Waals surface area contributed by atoms with Gasteiger partial charge in [0, 0.05) is 37.9 Å². The van der Waals surface area contributed by atoms with Crippen LogP contribution in [0.15, 0.2) is 53.3 Å². The number of aromatic nitrogens is 1. The van der Waals surface area contributed by atoms with Crippen molar-refractivity contribution in [2.75, 3.05) is 20.3 Å². The Bertz CT molecular complexity index is 1060. The number of H-pyrrole nitrogens is 1. The molecule has 3 rings (SSSR count). The number of pyridine rings is 1. The average molecular weight is 424 g/mol. The van der Waals surface area contributed by atoms with Gasteiger partial charge in [-0.25, -0.2) is 0 Å². The van der Waals surface area contributed by atoms with E-state index in [1.807, 2.05) is 35.2 Å². The molecule has 0 unspecified atom stereocenters. The predicted molar refractivity (Wildman–Crippen MR) is 127 cm³/mol. The van der Waals surface area contributed by atoms with Crippen molar-refractivity contribution < 1.29 is 4.74 Å². The highest BCUT2D eigenvalue weighted by molar-refractivity contribution is 7.80. The van der Waals surface area contributed by atoms with Crippen molar-refractivity contribution in [3.8, 4) is 0 Å². The molecule has 0 saturated carbocycles. The largest absolute Gasteiger partial charge is 0.385 e. The van der Waals surface area contributed by atoms with Crippen molar-refractivity contribution in [1.29, 1.82) is 0 Å². The second-order valence-corrected chi connectivity index (χ2v) is 7.95. The molecule has 0 saturated heterocycles. The summed E-state index contributed by atoms with van der Waals surface area (Å²) < 4.78 is 5.11. The maximum absolute atomic E-state index is 12.8. The lowest BCUT2D eigenvalue weighted by atomic mass is 10.0. The van der Waals surface area contributed by atoms with E-state index in [2.05, 4.69) is 42.3 Å². The zero-order valence-electron chi connectivity index (χ0n) is 17.8. The summed E-state index contributed by atoms with van der Waals surface area (Å²) in [5.41, 5.74) is 4.99. The molecule has 2 N–H and O–H groups in total. The van der Waals surface area contributed by atoms with Crippen LogP contribution < -0.4 is 10.9 Å². The van der Waals surface area contributed by atoms with Crippen LogP contribution in [-0.4, -0.2) is 35.3 Å².